The highest BCUT2D eigenvalue weighted by Gasteiger charge is 2.33. The fourth-order valence-corrected chi connectivity index (χ4v) is 2.98. The van der Waals surface area contributed by atoms with Crippen LogP contribution in [0.5, 0.6) is 0 Å². The van der Waals surface area contributed by atoms with Crippen molar-refractivity contribution in [2.24, 2.45) is 0 Å². The first-order chi connectivity index (χ1) is 9.27. The molecule has 1 N–H and O–H groups in total. The number of carbonyl (C=O) groups is 1. The number of fused-ring (bicyclic) bond motifs is 1. The van der Waals surface area contributed by atoms with Gasteiger partial charge in [-0.1, -0.05) is 18.2 Å². The van der Waals surface area contributed by atoms with Gasteiger partial charge in [-0.3, -0.25) is 4.79 Å². The van der Waals surface area contributed by atoms with Gasteiger partial charge in [0.25, 0.3) is 0 Å². The van der Waals surface area contributed by atoms with Gasteiger partial charge in [0.15, 0.2) is 0 Å². The predicted octanol–water partition coefficient (Wildman–Crippen LogP) is 1.83. The molecule has 102 valence electrons. The molecule has 0 bridgehead atoms. The molecule has 2 heterocycles. The molecule has 0 radical (unpaired) electrons. The van der Waals surface area contributed by atoms with Gasteiger partial charge in [-0.25, -0.2) is 0 Å². The summed E-state index contributed by atoms with van der Waals surface area (Å²) >= 11 is 0. The second-order valence-electron chi connectivity index (χ2n) is 5.31. The van der Waals surface area contributed by atoms with Crippen molar-refractivity contribution in [2.45, 2.75) is 25.3 Å². The van der Waals surface area contributed by atoms with E-state index in [-0.39, 0.29) is 17.9 Å². The standard InChI is InChI=1S/C15H20N2O2/c1-11-10-19-9-8-17(11)15(18)13-6-7-16-14-5-3-2-4-12(13)14/h2-5,11,13,16H,6-10H2,1H3/t11-,13?/m1/s1. The van der Waals surface area contributed by atoms with Gasteiger partial charge >= 0.3 is 0 Å². The van der Waals surface area contributed by atoms with Crippen LogP contribution in [0, 0.1) is 0 Å². The monoisotopic (exact) mass is 260 g/mol. The van der Waals surface area contributed by atoms with Crippen molar-refractivity contribution in [2.75, 3.05) is 31.6 Å². The van der Waals surface area contributed by atoms with E-state index in [0.717, 1.165) is 24.2 Å². The maximum absolute atomic E-state index is 12.8. The van der Waals surface area contributed by atoms with Crippen molar-refractivity contribution in [3.05, 3.63) is 29.8 Å². The Kier molecular flexibility index (Phi) is 3.42. The summed E-state index contributed by atoms with van der Waals surface area (Å²) in [5.41, 5.74) is 2.24. The van der Waals surface area contributed by atoms with E-state index in [0.29, 0.717) is 19.8 Å². The summed E-state index contributed by atoms with van der Waals surface area (Å²) in [6, 6.07) is 8.32. The van der Waals surface area contributed by atoms with Crippen molar-refractivity contribution < 1.29 is 9.53 Å². The van der Waals surface area contributed by atoms with Gasteiger partial charge in [-0.15, -0.1) is 0 Å². The zero-order valence-electron chi connectivity index (χ0n) is 11.3. The van der Waals surface area contributed by atoms with Crippen molar-refractivity contribution in [1.29, 1.82) is 0 Å². The lowest BCUT2D eigenvalue weighted by Gasteiger charge is -2.37. The Morgan fingerprint density at radius 1 is 1.42 bits per heavy atom. The molecule has 4 nitrogen and oxygen atoms in total. The first kappa shape index (κ1) is 12.5. The molecule has 2 atom stereocenters. The lowest BCUT2D eigenvalue weighted by molar-refractivity contribution is -0.140. The van der Waals surface area contributed by atoms with E-state index in [2.05, 4.69) is 24.4 Å². The van der Waals surface area contributed by atoms with Gasteiger partial charge < -0.3 is 15.0 Å². The number of hydrogen-bond acceptors (Lipinski definition) is 3. The lowest BCUT2D eigenvalue weighted by Crippen LogP contribution is -2.49. The number of hydrogen-bond donors (Lipinski definition) is 1. The Hall–Kier alpha value is -1.55. The van der Waals surface area contributed by atoms with Crippen LogP contribution in [0.4, 0.5) is 5.69 Å². The van der Waals surface area contributed by atoms with E-state index < -0.39 is 0 Å². The summed E-state index contributed by atoms with van der Waals surface area (Å²) in [5, 5.41) is 3.37. The zero-order valence-corrected chi connectivity index (χ0v) is 11.3. The number of carbonyl (C=O) groups excluding carboxylic acids is 1. The Balaban J connectivity index is 1.84. The molecule has 1 unspecified atom stereocenters. The normalized spacial score (nSPS) is 26.5. The fourth-order valence-electron chi connectivity index (χ4n) is 2.98. The van der Waals surface area contributed by atoms with Crippen LogP contribution in [-0.4, -0.2) is 43.2 Å². The summed E-state index contributed by atoms with van der Waals surface area (Å²) in [7, 11) is 0. The van der Waals surface area contributed by atoms with Gasteiger partial charge in [-0.05, 0) is 25.0 Å². The second kappa shape index (κ2) is 5.21. The number of anilines is 1. The van der Waals surface area contributed by atoms with Gasteiger partial charge in [0.05, 0.1) is 25.2 Å². The third-order valence-electron chi connectivity index (χ3n) is 4.03. The van der Waals surface area contributed by atoms with Crippen LogP contribution in [-0.2, 0) is 9.53 Å². The summed E-state index contributed by atoms with van der Waals surface area (Å²) in [4.78, 5) is 14.8. The minimum absolute atomic E-state index is 0.00185. The van der Waals surface area contributed by atoms with Gasteiger partial charge in [0.2, 0.25) is 5.91 Å². The summed E-state index contributed by atoms with van der Waals surface area (Å²) in [6.07, 6.45) is 0.875. The van der Waals surface area contributed by atoms with Crippen LogP contribution in [0.3, 0.4) is 0 Å². The molecule has 4 heteroatoms. The Morgan fingerprint density at radius 2 is 2.26 bits per heavy atom. The first-order valence-electron chi connectivity index (χ1n) is 6.98. The molecule has 1 amide bonds. The molecule has 0 spiro atoms. The minimum Gasteiger partial charge on any atom is -0.385 e. The molecular weight excluding hydrogens is 240 g/mol. The molecule has 1 saturated heterocycles. The number of nitrogens with one attached hydrogen (secondary N) is 1. The summed E-state index contributed by atoms with van der Waals surface area (Å²) < 4.78 is 5.41. The maximum atomic E-state index is 12.8. The highest BCUT2D eigenvalue weighted by molar-refractivity contribution is 5.86. The van der Waals surface area contributed by atoms with Crippen LogP contribution < -0.4 is 5.32 Å². The number of morpholine rings is 1. The number of nitrogens with zero attached hydrogens (tertiary/aromatic N) is 1. The maximum Gasteiger partial charge on any atom is 0.230 e. The second-order valence-corrected chi connectivity index (χ2v) is 5.31. The van der Waals surface area contributed by atoms with Crippen LogP contribution >= 0.6 is 0 Å². The van der Waals surface area contributed by atoms with Crippen LogP contribution in [0.1, 0.15) is 24.8 Å². The molecule has 0 saturated carbocycles. The van der Waals surface area contributed by atoms with E-state index in [1.165, 1.54) is 0 Å². The summed E-state index contributed by atoms with van der Waals surface area (Å²) in [5.74, 6) is 0.253. The van der Waals surface area contributed by atoms with E-state index in [9.17, 15) is 4.79 Å². The van der Waals surface area contributed by atoms with Crippen molar-refractivity contribution >= 4 is 11.6 Å². The van der Waals surface area contributed by atoms with E-state index in [1.807, 2.05) is 17.0 Å². The molecular formula is C15H20N2O2. The summed E-state index contributed by atoms with van der Waals surface area (Å²) in [6.45, 7) is 4.95. The first-order valence-corrected chi connectivity index (χ1v) is 6.98. The Labute approximate surface area is 113 Å². The number of amides is 1. The van der Waals surface area contributed by atoms with E-state index in [4.69, 9.17) is 4.74 Å². The highest BCUT2D eigenvalue weighted by atomic mass is 16.5. The van der Waals surface area contributed by atoms with Crippen LogP contribution in [0.2, 0.25) is 0 Å². The number of ether oxygens (including phenoxy) is 1. The van der Waals surface area contributed by atoms with Crippen molar-refractivity contribution in [3.63, 3.8) is 0 Å². The molecule has 1 aromatic carbocycles. The predicted molar refractivity (Wildman–Crippen MR) is 74.3 cm³/mol. The minimum atomic E-state index is -0.00185. The number of benzene rings is 1. The van der Waals surface area contributed by atoms with Gasteiger partial charge in [-0.2, -0.15) is 0 Å². The van der Waals surface area contributed by atoms with Crippen molar-refractivity contribution in [1.82, 2.24) is 4.90 Å². The smallest absolute Gasteiger partial charge is 0.230 e. The van der Waals surface area contributed by atoms with E-state index in [1.54, 1.807) is 0 Å². The molecule has 0 aliphatic carbocycles. The van der Waals surface area contributed by atoms with Crippen LogP contribution in [0.15, 0.2) is 24.3 Å². The average Bonchev–Trinajstić information content (AvgIpc) is 2.46. The molecule has 1 fully saturated rings. The molecule has 2 aliphatic rings. The highest BCUT2D eigenvalue weighted by Crippen LogP contribution is 2.33. The lowest BCUT2D eigenvalue weighted by atomic mass is 9.89. The number of para-hydroxylation sites is 1. The van der Waals surface area contributed by atoms with E-state index >= 15 is 0 Å². The Bertz CT molecular complexity index is 475. The van der Waals surface area contributed by atoms with Crippen molar-refractivity contribution in [3.8, 4) is 0 Å². The van der Waals surface area contributed by atoms with Gasteiger partial charge in [0, 0.05) is 18.8 Å². The third-order valence-corrected chi connectivity index (χ3v) is 4.03. The largest absolute Gasteiger partial charge is 0.385 e. The van der Waals surface area contributed by atoms with Gasteiger partial charge in [0.1, 0.15) is 0 Å². The molecule has 1 aromatic rings. The molecule has 0 aromatic heterocycles. The SMILES string of the molecule is C[C@@H]1COCCN1C(=O)C1CCNc2ccccc21. The average molecular weight is 260 g/mol. The molecule has 19 heavy (non-hydrogen) atoms. The quantitative estimate of drug-likeness (QED) is 0.837. The van der Waals surface area contributed by atoms with Crippen LogP contribution in [0.25, 0.3) is 0 Å². The topological polar surface area (TPSA) is 41.6 Å². The molecule has 3 rings (SSSR count). The number of rotatable bonds is 1. The molecule has 2 aliphatic heterocycles. The fraction of sp³-hybridized carbons (Fsp3) is 0.533. The third kappa shape index (κ3) is 2.32. The Morgan fingerprint density at radius 3 is 3.11 bits per heavy atom. The zero-order chi connectivity index (χ0) is 13.2.